The molecule has 1 aromatic heterocycles. The van der Waals surface area contributed by atoms with Crippen molar-refractivity contribution in [3.05, 3.63) is 90.3 Å². The summed E-state index contributed by atoms with van der Waals surface area (Å²) in [4.78, 5) is 0. The molecule has 1 heterocycles. The number of rotatable bonds is 4. The summed E-state index contributed by atoms with van der Waals surface area (Å²) in [5, 5.41) is 0. The Hall–Kier alpha value is -2.87. The lowest BCUT2D eigenvalue weighted by atomic mass is 10.0. The van der Waals surface area contributed by atoms with Gasteiger partial charge in [-0.25, -0.2) is 0 Å². The molecule has 0 radical (unpaired) electrons. The third kappa shape index (κ3) is 3.28. The molecule has 0 fully saturated rings. The molecule has 0 amide bonds. The predicted octanol–water partition coefficient (Wildman–Crippen LogP) is 6.15. The van der Waals surface area contributed by atoms with Gasteiger partial charge in [0, 0.05) is 0 Å². The Labute approximate surface area is 161 Å². The summed E-state index contributed by atoms with van der Waals surface area (Å²) in [5.74, 6) is 1.09. The summed E-state index contributed by atoms with van der Waals surface area (Å²) in [5.41, 5.74) is 7.53. The topological polar surface area (TPSA) is 8.81 Å². The smallest absolute Gasteiger partial charge is 0.195 e. The van der Waals surface area contributed by atoms with E-state index >= 15 is 0 Å². The minimum atomic E-state index is 0.546. The lowest BCUT2D eigenvalue weighted by Crippen LogP contribution is -2.28. The molecule has 0 N–H and O–H groups in total. The van der Waals surface area contributed by atoms with Crippen molar-refractivity contribution in [3.8, 4) is 11.4 Å². The van der Waals surface area contributed by atoms with E-state index in [0.717, 1.165) is 0 Å². The maximum absolute atomic E-state index is 2.27. The fourth-order valence-electron chi connectivity index (χ4n) is 3.56. The second kappa shape index (κ2) is 7.03. The largest absolute Gasteiger partial charge is 0.255 e. The molecule has 3 aromatic carbocycles. The summed E-state index contributed by atoms with van der Waals surface area (Å²) in [6, 6.07) is 26.4. The van der Waals surface area contributed by atoms with Crippen LogP contribution in [0.1, 0.15) is 50.7 Å². The van der Waals surface area contributed by atoms with Gasteiger partial charge in [-0.05, 0) is 59.4 Å². The first-order valence-electron chi connectivity index (χ1n) is 9.77. The quantitative estimate of drug-likeness (QED) is 0.388. The Morgan fingerprint density at radius 1 is 0.667 bits per heavy atom. The third-order valence-electron chi connectivity index (χ3n) is 5.31. The lowest BCUT2D eigenvalue weighted by Gasteiger charge is -2.05. The molecule has 27 heavy (non-hydrogen) atoms. The van der Waals surface area contributed by atoms with Crippen molar-refractivity contribution in [3.63, 3.8) is 0 Å². The number of fused-ring (bicyclic) bond motifs is 1. The minimum absolute atomic E-state index is 0.546. The Morgan fingerprint density at radius 2 is 1.22 bits per heavy atom. The maximum atomic E-state index is 2.27. The van der Waals surface area contributed by atoms with Gasteiger partial charge in [0.25, 0.3) is 6.33 Å². The molecule has 4 aromatic rings. The molecule has 0 aliphatic heterocycles. The van der Waals surface area contributed by atoms with Gasteiger partial charge in [-0.1, -0.05) is 64.1 Å². The highest BCUT2D eigenvalue weighted by Gasteiger charge is 2.18. The first-order chi connectivity index (χ1) is 13.0. The van der Waals surface area contributed by atoms with Crippen LogP contribution >= 0.6 is 0 Å². The number of para-hydroxylation sites is 2. The van der Waals surface area contributed by atoms with Crippen molar-refractivity contribution >= 4 is 11.0 Å². The van der Waals surface area contributed by atoms with Crippen LogP contribution in [0, 0.1) is 0 Å². The van der Waals surface area contributed by atoms with Crippen LogP contribution in [0.4, 0.5) is 0 Å². The van der Waals surface area contributed by atoms with Crippen LogP contribution in [0.5, 0.6) is 0 Å². The molecule has 0 atom stereocenters. The van der Waals surface area contributed by atoms with Gasteiger partial charge >= 0.3 is 0 Å². The fraction of sp³-hybridized carbons (Fsp3) is 0.240. The van der Waals surface area contributed by atoms with Crippen LogP contribution < -0.4 is 4.57 Å². The minimum Gasteiger partial charge on any atom is -0.195 e. The number of aromatic nitrogens is 2. The summed E-state index contributed by atoms with van der Waals surface area (Å²) in [6.07, 6.45) is 2.19. The van der Waals surface area contributed by atoms with Gasteiger partial charge in [-0.2, -0.15) is 9.13 Å². The zero-order valence-corrected chi connectivity index (χ0v) is 16.6. The van der Waals surface area contributed by atoms with Crippen LogP contribution in [0.25, 0.3) is 22.4 Å². The summed E-state index contributed by atoms with van der Waals surface area (Å²) >= 11 is 0. The molecule has 0 aliphatic rings. The van der Waals surface area contributed by atoms with Gasteiger partial charge < -0.3 is 0 Å². The van der Waals surface area contributed by atoms with Gasteiger partial charge in [-0.15, -0.1) is 0 Å². The molecule has 0 aliphatic carbocycles. The number of hydrogen-bond donors (Lipinski definition) is 0. The van der Waals surface area contributed by atoms with Gasteiger partial charge in [-0.3, -0.25) is 0 Å². The van der Waals surface area contributed by atoms with Crippen molar-refractivity contribution in [2.45, 2.75) is 39.5 Å². The van der Waals surface area contributed by atoms with Gasteiger partial charge in [0.05, 0.1) is 0 Å². The zero-order valence-electron chi connectivity index (χ0n) is 16.6. The van der Waals surface area contributed by atoms with E-state index in [4.69, 9.17) is 0 Å². The third-order valence-corrected chi connectivity index (χ3v) is 5.31. The molecule has 0 unspecified atom stereocenters. The SMILES string of the molecule is CC(C)c1ccc(-n2c[n+](-c3ccc(C(C)C)cc3)c3ccccc32)cc1. The van der Waals surface area contributed by atoms with E-state index in [1.807, 2.05) is 0 Å². The average molecular weight is 356 g/mol. The molecular formula is C25H27N2+. The second-order valence-electron chi connectivity index (χ2n) is 7.84. The van der Waals surface area contributed by atoms with E-state index in [2.05, 4.69) is 116 Å². The summed E-state index contributed by atoms with van der Waals surface area (Å²) in [6.45, 7) is 8.92. The normalized spacial score (nSPS) is 11.6. The van der Waals surface area contributed by atoms with Crippen molar-refractivity contribution in [1.29, 1.82) is 0 Å². The number of benzene rings is 3. The summed E-state index contributed by atoms with van der Waals surface area (Å²) < 4.78 is 4.55. The average Bonchev–Trinajstić information content (AvgIpc) is 3.08. The Kier molecular flexibility index (Phi) is 4.57. The molecule has 2 nitrogen and oxygen atoms in total. The Balaban J connectivity index is 1.84. The van der Waals surface area contributed by atoms with Crippen LogP contribution in [0.3, 0.4) is 0 Å². The predicted molar refractivity (Wildman–Crippen MR) is 113 cm³/mol. The highest BCUT2D eigenvalue weighted by Crippen LogP contribution is 2.22. The molecule has 0 bridgehead atoms. The maximum Gasteiger partial charge on any atom is 0.255 e. The zero-order chi connectivity index (χ0) is 19.0. The highest BCUT2D eigenvalue weighted by molar-refractivity contribution is 5.74. The number of nitrogens with zero attached hydrogens (tertiary/aromatic N) is 2. The molecule has 0 saturated carbocycles. The number of imidazole rings is 1. The lowest BCUT2D eigenvalue weighted by molar-refractivity contribution is -0.567. The molecule has 2 heteroatoms. The Morgan fingerprint density at radius 3 is 1.81 bits per heavy atom. The molecule has 0 saturated heterocycles. The van der Waals surface area contributed by atoms with Crippen molar-refractivity contribution in [1.82, 2.24) is 4.57 Å². The fourth-order valence-corrected chi connectivity index (χ4v) is 3.56. The van der Waals surface area contributed by atoms with E-state index in [9.17, 15) is 0 Å². The van der Waals surface area contributed by atoms with Gasteiger partial charge in [0.2, 0.25) is 0 Å². The van der Waals surface area contributed by atoms with E-state index in [1.165, 1.54) is 33.5 Å². The number of hydrogen-bond acceptors (Lipinski definition) is 0. The monoisotopic (exact) mass is 355 g/mol. The van der Waals surface area contributed by atoms with Crippen molar-refractivity contribution in [2.24, 2.45) is 0 Å². The van der Waals surface area contributed by atoms with Gasteiger partial charge in [0.15, 0.2) is 11.0 Å². The highest BCUT2D eigenvalue weighted by atomic mass is 15.1. The summed E-state index contributed by atoms with van der Waals surface area (Å²) in [7, 11) is 0. The van der Waals surface area contributed by atoms with E-state index in [0.29, 0.717) is 11.8 Å². The van der Waals surface area contributed by atoms with Crippen LogP contribution in [0.15, 0.2) is 79.1 Å². The van der Waals surface area contributed by atoms with E-state index in [1.54, 1.807) is 0 Å². The standard InChI is InChI=1S/C25H27N2/c1-18(2)20-9-13-22(14-10-20)26-17-27(25-8-6-5-7-24(25)26)23-15-11-21(12-16-23)19(3)4/h5-19H,1-4H3/q+1. The molecule has 136 valence electrons. The second-order valence-corrected chi connectivity index (χ2v) is 7.84. The molecular weight excluding hydrogens is 328 g/mol. The van der Waals surface area contributed by atoms with Crippen molar-refractivity contribution < 1.29 is 4.57 Å². The van der Waals surface area contributed by atoms with Crippen LogP contribution in [0.2, 0.25) is 0 Å². The van der Waals surface area contributed by atoms with Crippen molar-refractivity contribution in [2.75, 3.05) is 0 Å². The molecule has 4 rings (SSSR count). The van der Waals surface area contributed by atoms with E-state index < -0.39 is 0 Å². The van der Waals surface area contributed by atoms with Crippen LogP contribution in [-0.2, 0) is 0 Å². The first kappa shape index (κ1) is 17.5. The van der Waals surface area contributed by atoms with Gasteiger partial charge in [0.1, 0.15) is 11.4 Å². The first-order valence-corrected chi connectivity index (χ1v) is 9.77. The van der Waals surface area contributed by atoms with Crippen LogP contribution in [-0.4, -0.2) is 4.57 Å². The molecule has 0 spiro atoms. The Bertz CT molecular complexity index is 966. The van der Waals surface area contributed by atoms with E-state index in [-0.39, 0.29) is 0 Å².